The fraction of sp³-hybridized carbons (Fsp3) is 0.174. The molecule has 2 aromatic heterocycles. The van der Waals surface area contributed by atoms with Gasteiger partial charge in [0.25, 0.3) is 0 Å². The minimum atomic E-state index is 0.776. The molecular formula is C23H20N4O. The van der Waals surface area contributed by atoms with Crippen molar-refractivity contribution in [3.8, 4) is 22.4 Å². The van der Waals surface area contributed by atoms with Crippen molar-refractivity contribution >= 4 is 16.6 Å². The van der Waals surface area contributed by atoms with Crippen LogP contribution in [0.5, 0.6) is 0 Å². The van der Waals surface area contributed by atoms with Crippen molar-refractivity contribution in [2.75, 3.05) is 31.2 Å². The number of anilines is 1. The maximum Gasteiger partial charge on any atom is 0.116 e. The van der Waals surface area contributed by atoms with Crippen LogP contribution < -0.4 is 4.90 Å². The first kappa shape index (κ1) is 16.8. The van der Waals surface area contributed by atoms with Gasteiger partial charge in [0.05, 0.1) is 24.4 Å². The van der Waals surface area contributed by atoms with Crippen LogP contribution in [0.1, 0.15) is 0 Å². The molecule has 0 bridgehead atoms. The Labute approximate surface area is 163 Å². The zero-order chi connectivity index (χ0) is 18.8. The Morgan fingerprint density at radius 3 is 2.71 bits per heavy atom. The highest BCUT2D eigenvalue weighted by atomic mass is 16.5. The SMILES string of the molecule is c1cc(-c2ncccc2-c2ccc3ncncc3c2)cc(N2CCOCC2)c1. The van der Waals surface area contributed by atoms with Crippen LogP contribution in [0.4, 0.5) is 5.69 Å². The molecule has 5 heteroatoms. The van der Waals surface area contributed by atoms with Gasteiger partial charge >= 0.3 is 0 Å². The van der Waals surface area contributed by atoms with Crippen molar-refractivity contribution in [1.29, 1.82) is 0 Å². The molecular weight excluding hydrogens is 348 g/mol. The molecule has 4 aromatic rings. The molecule has 5 rings (SSSR count). The second-order valence-corrected chi connectivity index (χ2v) is 6.85. The molecule has 0 N–H and O–H groups in total. The van der Waals surface area contributed by atoms with Crippen molar-refractivity contribution in [2.45, 2.75) is 0 Å². The zero-order valence-corrected chi connectivity index (χ0v) is 15.5. The maximum atomic E-state index is 5.48. The molecule has 0 aliphatic carbocycles. The van der Waals surface area contributed by atoms with E-state index in [0.717, 1.165) is 59.6 Å². The van der Waals surface area contributed by atoms with Gasteiger partial charge in [-0.15, -0.1) is 0 Å². The standard InChI is InChI=1S/C23H20N4O/c1-3-18(14-20(4-1)27-9-11-28-12-10-27)23-21(5-2-8-25-23)17-6-7-22-19(13-17)15-24-16-26-22/h1-8,13-16H,9-12H2. The number of fused-ring (bicyclic) bond motifs is 1. The van der Waals surface area contributed by atoms with Gasteiger partial charge in [-0.2, -0.15) is 0 Å². The number of aromatic nitrogens is 3. The molecule has 1 fully saturated rings. The smallest absolute Gasteiger partial charge is 0.116 e. The van der Waals surface area contributed by atoms with E-state index in [1.165, 1.54) is 5.69 Å². The maximum absolute atomic E-state index is 5.48. The number of pyridine rings is 1. The topological polar surface area (TPSA) is 51.1 Å². The minimum absolute atomic E-state index is 0.776. The summed E-state index contributed by atoms with van der Waals surface area (Å²) in [7, 11) is 0. The van der Waals surface area contributed by atoms with E-state index in [0.29, 0.717) is 0 Å². The minimum Gasteiger partial charge on any atom is -0.378 e. The lowest BCUT2D eigenvalue weighted by Gasteiger charge is -2.29. The number of ether oxygens (including phenoxy) is 1. The van der Waals surface area contributed by atoms with Crippen molar-refractivity contribution in [1.82, 2.24) is 15.0 Å². The summed E-state index contributed by atoms with van der Waals surface area (Å²) in [6.07, 6.45) is 5.28. The number of hydrogen-bond donors (Lipinski definition) is 0. The van der Waals surface area contributed by atoms with Crippen molar-refractivity contribution in [2.24, 2.45) is 0 Å². The number of benzene rings is 2. The zero-order valence-electron chi connectivity index (χ0n) is 15.5. The van der Waals surface area contributed by atoms with Gasteiger partial charge in [0.1, 0.15) is 6.33 Å². The molecule has 0 radical (unpaired) electrons. The third kappa shape index (κ3) is 3.21. The van der Waals surface area contributed by atoms with Crippen LogP contribution in [0.15, 0.2) is 73.3 Å². The van der Waals surface area contributed by atoms with Crippen LogP contribution in [0.3, 0.4) is 0 Å². The van der Waals surface area contributed by atoms with E-state index in [2.05, 4.69) is 57.3 Å². The van der Waals surface area contributed by atoms with E-state index in [1.54, 1.807) is 6.33 Å². The van der Waals surface area contributed by atoms with Gasteiger partial charge in [0.15, 0.2) is 0 Å². The normalized spacial score (nSPS) is 14.4. The molecule has 1 saturated heterocycles. The van der Waals surface area contributed by atoms with Crippen LogP contribution in [-0.4, -0.2) is 41.3 Å². The van der Waals surface area contributed by atoms with Crippen molar-refractivity contribution < 1.29 is 4.74 Å². The Kier molecular flexibility index (Phi) is 4.43. The summed E-state index contributed by atoms with van der Waals surface area (Å²) in [6.45, 7) is 3.39. The van der Waals surface area contributed by atoms with Gasteiger partial charge in [-0.3, -0.25) is 4.98 Å². The van der Waals surface area contributed by atoms with Gasteiger partial charge in [0, 0.05) is 47.7 Å². The van der Waals surface area contributed by atoms with Gasteiger partial charge in [-0.25, -0.2) is 9.97 Å². The van der Waals surface area contributed by atoms with Crippen molar-refractivity contribution in [3.63, 3.8) is 0 Å². The second-order valence-electron chi connectivity index (χ2n) is 6.85. The van der Waals surface area contributed by atoms with Crippen LogP contribution in [-0.2, 0) is 4.74 Å². The number of rotatable bonds is 3. The fourth-order valence-corrected chi connectivity index (χ4v) is 3.69. The molecule has 3 heterocycles. The molecule has 0 saturated carbocycles. The average molecular weight is 368 g/mol. The van der Waals surface area contributed by atoms with Gasteiger partial charge in [0.2, 0.25) is 0 Å². The molecule has 138 valence electrons. The summed E-state index contributed by atoms with van der Waals surface area (Å²) in [5.74, 6) is 0. The third-order valence-electron chi connectivity index (χ3n) is 5.12. The highest BCUT2D eigenvalue weighted by Gasteiger charge is 2.14. The number of nitrogens with zero attached hydrogens (tertiary/aromatic N) is 4. The van der Waals surface area contributed by atoms with Gasteiger partial charge in [-0.05, 0) is 35.9 Å². The average Bonchev–Trinajstić information content (AvgIpc) is 2.79. The summed E-state index contributed by atoms with van der Waals surface area (Å²) in [4.78, 5) is 15.5. The van der Waals surface area contributed by atoms with Gasteiger partial charge < -0.3 is 9.64 Å². The van der Waals surface area contributed by atoms with E-state index in [9.17, 15) is 0 Å². The van der Waals surface area contributed by atoms with E-state index in [-0.39, 0.29) is 0 Å². The summed E-state index contributed by atoms with van der Waals surface area (Å²) in [6, 6.07) is 19.0. The van der Waals surface area contributed by atoms with Gasteiger partial charge in [-0.1, -0.05) is 24.3 Å². The third-order valence-corrected chi connectivity index (χ3v) is 5.12. The largest absolute Gasteiger partial charge is 0.378 e. The Hall–Kier alpha value is -3.31. The molecule has 1 aliphatic heterocycles. The molecule has 5 nitrogen and oxygen atoms in total. The molecule has 0 amide bonds. The predicted octanol–water partition coefficient (Wildman–Crippen LogP) is 4.20. The molecule has 28 heavy (non-hydrogen) atoms. The van der Waals surface area contributed by atoms with E-state index < -0.39 is 0 Å². The molecule has 0 spiro atoms. The monoisotopic (exact) mass is 368 g/mol. The lowest BCUT2D eigenvalue weighted by atomic mass is 9.98. The lowest BCUT2D eigenvalue weighted by Crippen LogP contribution is -2.36. The first-order chi connectivity index (χ1) is 13.9. The van der Waals surface area contributed by atoms with Crippen LogP contribution >= 0.6 is 0 Å². The number of morpholine rings is 1. The second kappa shape index (κ2) is 7.37. The van der Waals surface area contributed by atoms with Crippen molar-refractivity contribution in [3.05, 3.63) is 73.3 Å². The Morgan fingerprint density at radius 1 is 0.857 bits per heavy atom. The first-order valence-electron chi connectivity index (χ1n) is 9.47. The molecule has 0 unspecified atom stereocenters. The molecule has 0 atom stereocenters. The van der Waals surface area contributed by atoms with E-state index in [4.69, 9.17) is 9.72 Å². The Bertz CT molecular complexity index is 1120. The van der Waals surface area contributed by atoms with Crippen LogP contribution in [0.2, 0.25) is 0 Å². The molecule has 2 aromatic carbocycles. The summed E-state index contributed by atoms with van der Waals surface area (Å²) in [5, 5.41) is 1.02. The van der Waals surface area contributed by atoms with Crippen LogP contribution in [0, 0.1) is 0 Å². The fourth-order valence-electron chi connectivity index (χ4n) is 3.69. The molecule has 1 aliphatic rings. The summed E-state index contributed by atoms with van der Waals surface area (Å²) < 4.78 is 5.48. The van der Waals surface area contributed by atoms with Crippen LogP contribution in [0.25, 0.3) is 33.3 Å². The Morgan fingerprint density at radius 2 is 1.79 bits per heavy atom. The Balaban J connectivity index is 1.58. The highest BCUT2D eigenvalue weighted by molar-refractivity contribution is 5.88. The van der Waals surface area contributed by atoms with E-state index >= 15 is 0 Å². The first-order valence-corrected chi connectivity index (χ1v) is 9.47. The quantitative estimate of drug-likeness (QED) is 0.543. The summed E-state index contributed by atoms with van der Waals surface area (Å²) in [5.41, 5.74) is 6.47. The summed E-state index contributed by atoms with van der Waals surface area (Å²) >= 11 is 0. The predicted molar refractivity (Wildman–Crippen MR) is 111 cm³/mol. The highest BCUT2D eigenvalue weighted by Crippen LogP contribution is 2.33. The van der Waals surface area contributed by atoms with E-state index in [1.807, 2.05) is 24.5 Å². The lowest BCUT2D eigenvalue weighted by molar-refractivity contribution is 0.122. The number of hydrogen-bond acceptors (Lipinski definition) is 5.